The van der Waals surface area contributed by atoms with E-state index in [2.05, 4.69) is 21.7 Å². The minimum atomic E-state index is 0.189. The molecule has 0 bridgehead atoms. The van der Waals surface area contributed by atoms with Gasteiger partial charge in [0, 0.05) is 13.2 Å². The lowest BCUT2D eigenvalue weighted by Gasteiger charge is -2.09. The SMILES string of the molecule is CCCn1cnnc1C1CCCO1. The maximum atomic E-state index is 5.56. The van der Waals surface area contributed by atoms with Gasteiger partial charge in [-0.15, -0.1) is 10.2 Å². The van der Waals surface area contributed by atoms with Crippen LogP contribution in [-0.4, -0.2) is 21.4 Å². The molecule has 0 aliphatic carbocycles. The molecule has 0 amide bonds. The Balaban J connectivity index is 2.13. The highest BCUT2D eigenvalue weighted by atomic mass is 16.5. The molecule has 1 aromatic rings. The number of aryl methyl sites for hydroxylation is 1. The van der Waals surface area contributed by atoms with E-state index in [0.29, 0.717) is 0 Å². The summed E-state index contributed by atoms with van der Waals surface area (Å²) in [5.41, 5.74) is 0. The number of rotatable bonds is 3. The van der Waals surface area contributed by atoms with Crippen molar-refractivity contribution in [3.63, 3.8) is 0 Å². The highest BCUT2D eigenvalue weighted by Crippen LogP contribution is 2.26. The molecule has 1 aromatic heterocycles. The zero-order valence-electron chi connectivity index (χ0n) is 7.94. The van der Waals surface area contributed by atoms with E-state index in [4.69, 9.17) is 4.74 Å². The van der Waals surface area contributed by atoms with Gasteiger partial charge >= 0.3 is 0 Å². The van der Waals surface area contributed by atoms with E-state index in [1.165, 1.54) is 0 Å². The molecule has 72 valence electrons. The van der Waals surface area contributed by atoms with E-state index in [-0.39, 0.29) is 6.10 Å². The number of nitrogens with zero attached hydrogens (tertiary/aromatic N) is 3. The van der Waals surface area contributed by atoms with Crippen molar-refractivity contribution in [2.45, 2.75) is 38.8 Å². The van der Waals surface area contributed by atoms with Crippen LogP contribution in [0.25, 0.3) is 0 Å². The van der Waals surface area contributed by atoms with Crippen molar-refractivity contribution in [1.29, 1.82) is 0 Å². The maximum absolute atomic E-state index is 5.56. The van der Waals surface area contributed by atoms with Crippen LogP contribution < -0.4 is 0 Å². The van der Waals surface area contributed by atoms with Crippen molar-refractivity contribution in [3.8, 4) is 0 Å². The lowest BCUT2D eigenvalue weighted by atomic mass is 10.2. The monoisotopic (exact) mass is 181 g/mol. The number of hydrogen-bond donors (Lipinski definition) is 0. The van der Waals surface area contributed by atoms with Crippen molar-refractivity contribution >= 4 is 0 Å². The molecule has 1 aliphatic heterocycles. The molecule has 13 heavy (non-hydrogen) atoms. The van der Waals surface area contributed by atoms with Gasteiger partial charge in [0.15, 0.2) is 5.82 Å². The van der Waals surface area contributed by atoms with Gasteiger partial charge in [-0.1, -0.05) is 6.92 Å². The molecule has 0 aromatic carbocycles. The van der Waals surface area contributed by atoms with Gasteiger partial charge in [-0.25, -0.2) is 0 Å². The van der Waals surface area contributed by atoms with Crippen LogP contribution in [0.15, 0.2) is 6.33 Å². The van der Waals surface area contributed by atoms with Crippen LogP contribution in [0.2, 0.25) is 0 Å². The van der Waals surface area contributed by atoms with Crippen LogP contribution >= 0.6 is 0 Å². The van der Waals surface area contributed by atoms with Crippen molar-refractivity contribution in [2.24, 2.45) is 0 Å². The molecule has 0 spiro atoms. The summed E-state index contributed by atoms with van der Waals surface area (Å²) in [5.74, 6) is 0.999. The molecule has 1 aliphatic rings. The van der Waals surface area contributed by atoms with Crippen molar-refractivity contribution in [3.05, 3.63) is 12.2 Å². The Kier molecular flexibility index (Phi) is 2.59. The predicted octanol–water partition coefficient (Wildman–Crippen LogP) is 1.54. The second-order valence-electron chi connectivity index (χ2n) is 3.38. The average Bonchev–Trinajstić information content (AvgIpc) is 2.71. The molecular formula is C9H15N3O. The number of hydrogen-bond acceptors (Lipinski definition) is 3. The summed E-state index contributed by atoms with van der Waals surface area (Å²) in [7, 11) is 0. The van der Waals surface area contributed by atoms with Crippen molar-refractivity contribution < 1.29 is 4.74 Å². The van der Waals surface area contributed by atoms with Gasteiger partial charge in [-0.2, -0.15) is 0 Å². The molecule has 2 rings (SSSR count). The molecule has 1 unspecified atom stereocenters. The molecule has 4 nitrogen and oxygen atoms in total. The van der Waals surface area contributed by atoms with Gasteiger partial charge in [0.25, 0.3) is 0 Å². The highest BCUT2D eigenvalue weighted by Gasteiger charge is 2.22. The number of ether oxygens (including phenoxy) is 1. The largest absolute Gasteiger partial charge is 0.370 e. The standard InChI is InChI=1S/C9H15N3O/c1-2-5-12-7-10-11-9(12)8-4-3-6-13-8/h7-8H,2-6H2,1H3. The van der Waals surface area contributed by atoms with E-state index in [0.717, 1.165) is 38.2 Å². The minimum absolute atomic E-state index is 0.189. The molecule has 1 saturated heterocycles. The fourth-order valence-electron chi connectivity index (χ4n) is 1.71. The molecule has 0 N–H and O–H groups in total. The quantitative estimate of drug-likeness (QED) is 0.710. The Morgan fingerprint density at radius 3 is 3.31 bits per heavy atom. The summed E-state index contributed by atoms with van der Waals surface area (Å²) in [6, 6.07) is 0. The first kappa shape index (κ1) is 8.69. The topological polar surface area (TPSA) is 39.9 Å². The summed E-state index contributed by atoms with van der Waals surface area (Å²) in [6.45, 7) is 4.01. The van der Waals surface area contributed by atoms with Gasteiger partial charge in [-0.05, 0) is 19.3 Å². The third-order valence-corrected chi connectivity index (χ3v) is 2.33. The second-order valence-corrected chi connectivity index (χ2v) is 3.38. The first-order valence-corrected chi connectivity index (χ1v) is 4.91. The molecule has 0 radical (unpaired) electrons. The van der Waals surface area contributed by atoms with E-state index < -0.39 is 0 Å². The molecule has 1 fully saturated rings. The normalized spacial score (nSPS) is 22.4. The van der Waals surface area contributed by atoms with Crippen LogP contribution in [0.4, 0.5) is 0 Å². The molecule has 2 heterocycles. The van der Waals surface area contributed by atoms with Crippen LogP contribution in [0.5, 0.6) is 0 Å². The average molecular weight is 181 g/mol. The summed E-state index contributed by atoms with van der Waals surface area (Å²) < 4.78 is 7.65. The molecule has 1 atom stereocenters. The van der Waals surface area contributed by atoms with Crippen LogP contribution in [0, 0.1) is 0 Å². The first-order valence-electron chi connectivity index (χ1n) is 4.91. The highest BCUT2D eigenvalue weighted by molar-refractivity contribution is 4.93. The Morgan fingerprint density at radius 2 is 2.62 bits per heavy atom. The van der Waals surface area contributed by atoms with Gasteiger partial charge in [0.1, 0.15) is 12.4 Å². The Hall–Kier alpha value is -0.900. The number of aromatic nitrogens is 3. The van der Waals surface area contributed by atoms with E-state index >= 15 is 0 Å². The Labute approximate surface area is 77.9 Å². The second kappa shape index (κ2) is 3.87. The van der Waals surface area contributed by atoms with Crippen LogP contribution in [0.1, 0.15) is 38.1 Å². The predicted molar refractivity (Wildman–Crippen MR) is 48.2 cm³/mol. The third-order valence-electron chi connectivity index (χ3n) is 2.33. The first-order chi connectivity index (χ1) is 6.42. The smallest absolute Gasteiger partial charge is 0.162 e. The Bertz CT molecular complexity index is 266. The fourth-order valence-corrected chi connectivity index (χ4v) is 1.71. The van der Waals surface area contributed by atoms with E-state index in [9.17, 15) is 0 Å². The summed E-state index contributed by atoms with van der Waals surface area (Å²) >= 11 is 0. The molecule has 0 saturated carbocycles. The van der Waals surface area contributed by atoms with E-state index in [1.54, 1.807) is 6.33 Å². The summed E-state index contributed by atoms with van der Waals surface area (Å²) in [6.07, 6.45) is 5.32. The van der Waals surface area contributed by atoms with Crippen LogP contribution in [0.3, 0.4) is 0 Å². The van der Waals surface area contributed by atoms with Gasteiger partial charge in [0.2, 0.25) is 0 Å². The van der Waals surface area contributed by atoms with Gasteiger partial charge < -0.3 is 9.30 Å². The maximum Gasteiger partial charge on any atom is 0.162 e. The summed E-state index contributed by atoms with van der Waals surface area (Å²) in [5, 5.41) is 8.02. The molecule has 4 heteroatoms. The zero-order valence-corrected chi connectivity index (χ0v) is 7.94. The fraction of sp³-hybridized carbons (Fsp3) is 0.778. The van der Waals surface area contributed by atoms with Gasteiger partial charge in [-0.3, -0.25) is 0 Å². The zero-order chi connectivity index (χ0) is 9.10. The third kappa shape index (κ3) is 1.72. The lowest BCUT2D eigenvalue weighted by molar-refractivity contribution is 0.101. The van der Waals surface area contributed by atoms with Crippen molar-refractivity contribution in [2.75, 3.05) is 6.61 Å². The van der Waals surface area contributed by atoms with E-state index in [1.807, 2.05) is 0 Å². The Morgan fingerprint density at radius 1 is 1.69 bits per heavy atom. The lowest BCUT2D eigenvalue weighted by Crippen LogP contribution is -2.07. The van der Waals surface area contributed by atoms with Crippen LogP contribution in [-0.2, 0) is 11.3 Å². The van der Waals surface area contributed by atoms with Gasteiger partial charge in [0.05, 0.1) is 0 Å². The molecular weight excluding hydrogens is 166 g/mol. The summed E-state index contributed by atoms with van der Waals surface area (Å²) in [4.78, 5) is 0. The minimum Gasteiger partial charge on any atom is -0.370 e. The van der Waals surface area contributed by atoms with Crippen molar-refractivity contribution in [1.82, 2.24) is 14.8 Å².